The van der Waals surface area contributed by atoms with Gasteiger partial charge in [-0.3, -0.25) is 4.90 Å². The summed E-state index contributed by atoms with van der Waals surface area (Å²) >= 11 is 1.65. The maximum Gasteiger partial charge on any atom is 0.191 e. The van der Waals surface area contributed by atoms with Crippen LogP contribution in [0.5, 0.6) is 0 Å². The second-order valence-corrected chi connectivity index (χ2v) is 7.46. The molecule has 0 radical (unpaired) electrons. The van der Waals surface area contributed by atoms with E-state index in [9.17, 15) is 0 Å². The lowest BCUT2D eigenvalue weighted by Crippen LogP contribution is -2.23. The summed E-state index contributed by atoms with van der Waals surface area (Å²) in [5.74, 6) is 1.02. The minimum atomic E-state index is 0.299. The number of benzene rings is 1. The van der Waals surface area contributed by atoms with Crippen LogP contribution < -0.4 is 0 Å². The lowest BCUT2D eigenvalue weighted by atomic mass is 10.1. The lowest BCUT2D eigenvalue weighted by molar-refractivity contribution is 0.0934. The first-order valence-corrected chi connectivity index (χ1v) is 10.3. The third kappa shape index (κ3) is 4.84. The maximum atomic E-state index is 5.80. The predicted octanol–water partition coefficient (Wildman–Crippen LogP) is 3.37. The molecule has 1 fully saturated rings. The summed E-state index contributed by atoms with van der Waals surface area (Å²) < 4.78 is 8.04. The molecule has 25 heavy (non-hydrogen) atoms. The van der Waals surface area contributed by atoms with Gasteiger partial charge in [0.2, 0.25) is 0 Å². The Kier molecular flexibility index (Phi) is 6.51. The molecule has 1 saturated heterocycles. The number of aromatic nitrogens is 3. The van der Waals surface area contributed by atoms with Gasteiger partial charge in [-0.1, -0.05) is 43.0 Å². The average molecular weight is 361 g/mol. The number of aryl methyl sites for hydroxylation is 1. The van der Waals surface area contributed by atoms with Crippen LogP contribution in [0.15, 0.2) is 29.4 Å². The zero-order chi connectivity index (χ0) is 17.6. The van der Waals surface area contributed by atoms with Crippen molar-refractivity contribution < 1.29 is 4.74 Å². The van der Waals surface area contributed by atoms with E-state index >= 15 is 0 Å². The normalized spacial score (nSPS) is 17.5. The second kappa shape index (κ2) is 8.83. The van der Waals surface area contributed by atoms with Crippen molar-refractivity contribution in [2.75, 3.05) is 19.9 Å². The number of rotatable bonds is 8. The molecule has 2 heterocycles. The highest BCUT2D eigenvalue weighted by Gasteiger charge is 2.21. The highest BCUT2D eigenvalue weighted by Crippen LogP contribution is 2.20. The first kappa shape index (κ1) is 18.4. The molecule has 0 amide bonds. The van der Waals surface area contributed by atoms with Gasteiger partial charge in [0.25, 0.3) is 0 Å². The van der Waals surface area contributed by atoms with Crippen LogP contribution in [-0.4, -0.2) is 45.7 Å². The summed E-state index contributed by atoms with van der Waals surface area (Å²) in [5.41, 5.74) is 2.71. The van der Waals surface area contributed by atoms with Crippen molar-refractivity contribution in [1.29, 1.82) is 0 Å². The standard InChI is InChI=1S/C19H28N4OS/c1-4-15-7-9-16(10-8-15)12-22(2)14-18-20-21-19(25-3)23(18)13-17-6-5-11-24-17/h7-10,17H,4-6,11-14H2,1-3H3/t17-/m1/s1. The van der Waals surface area contributed by atoms with E-state index in [0.717, 1.165) is 56.5 Å². The fourth-order valence-corrected chi connectivity index (χ4v) is 3.77. The summed E-state index contributed by atoms with van der Waals surface area (Å²) in [5, 5.41) is 9.76. The first-order valence-electron chi connectivity index (χ1n) is 9.03. The fourth-order valence-electron chi connectivity index (χ4n) is 3.25. The molecular formula is C19H28N4OS. The molecule has 3 rings (SSSR count). The quantitative estimate of drug-likeness (QED) is 0.675. The van der Waals surface area contributed by atoms with Gasteiger partial charge >= 0.3 is 0 Å². The van der Waals surface area contributed by atoms with Crippen LogP contribution in [0.3, 0.4) is 0 Å². The van der Waals surface area contributed by atoms with Crippen LogP contribution in [0.25, 0.3) is 0 Å². The second-order valence-electron chi connectivity index (χ2n) is 6.69. The van der Waals surface area contributed by atoms with Gasteiger partial charge in [0, 0.05) is 13.2 Å². The Morgan fingerprint density at radius 1 is 1.20 bits per heavy atom. The zero-order valence-corrected chi connectivity index (χ0v) is 16.3. The van der Waals surface area contributed by atoms with Crippen LogP contribution in [0.4, 0.5) is 0 Å². The molecule has 0 spiro atoms. The largest absolute Gasteiger partial charge is 0.376 e. The van der Waals surface area contributed by atoms with Crippen molar-refractivity contribution in [3.63, 3.8) is 0 Å². The topological polar surface area (TPSA) is 43.2 Å². The predicted molar refractivity (Wildman–Crippen MR) is 102 cm³/mol. The number of hydrogen-bond donors (Lipinski definition) is 0. The molecule has 1 aromatic carbocycles. The van der Waals surface area contributed by atoms with Crippen molar-refractivity contribution in [1.82, 2.24) is 19.7 Å². The minimum absolute atomic E-state index is 0.299. The SMILES string of the molecule is CCc1ccc(CN(C)Cc2nnc(SC)n2C[C@H]2CCCO2)cc1. The van der Waals surface area contributed by atoms with E-state index in [-0.39, 0.29) is 0 Å². The molecule has 0 unspecified atom stereocenters. The fraction of sp³-hybridized carbons (Fsp3) is 0.579. The molecule has 6 heteroatoms. The van der Waals surface area contributed by atoms with Crippen LogP contribution in [-0.2, 0) is 30.8 Å². The Balaban J connectivity index is 1.65. The lowest BCUT2D eigenvalue weighted by Gasteiger charge is -2.19. The Morgan fingerprint density at radius 3 is 2.60 bits per heavy atom. The molecular weight excluding hydrogens is 332 g/mol. The summed E-state index contributed by atoms with van der Waals surface area (Å²) in [7, 11) is 2.14. The zero-order valence-electron chi connectivity index (χ0n) is 15.4. The van der Waals surface area contributed by atoms with Gasteiger partial charge in [-0.15, -0.1) is 10.2 Å². The van der Waals surface area contributed by atoms with Gasteiger partial charge in [0.05, 0.1) is 19.2 Å². The van der Waals surface area contributed by atoms with E-state index in [1.165, 1.54) is 11.1 Å². The van der Waals surface area contributed by atoms with Crippen molar-refractivity contribution in [3.05, 3.63) is 41.2 Å². The molecule has 1 aliphatic rings. The van der Waals surface area contributed by atoms with Gasteiger partial charge in [-0.2, -0.15) is 0 Å². The van der Waals surface area contributed by atoms with E-state index < -0.39 is 0 Å². The molecule has 1 aliphatic heterocycles. The minimum Gasteiger partial charge on any atom is -0.376 e. The summed E-state index contributed by atoms with van der Waals surface area (Å²) in [6.07, 6.45) is 5.72. The van der Waals surface area contributed by atoms with Gasteiger partial charge in [0.1, 0.15) is 5.82 Å². The number of nitrogens with zero attached hydrogens (tertiary/aromatic N) is 4. The molecule has 0 N–H and O–H groups in total. The van der Waals surface area contributed by atoms with Crippen molar-refractivity contribution in [2.45, 2.75) is 57.1 Å². The third-order valence-corrected chi connectivity index (χ3v) is 5.35. The molecule has 2 aromatic rings. The van der Waals surface area contributed by atoms with Crippen LogP contribution >= 0.6 is 11.8 Å². The van der Waals surface area contributed by atoms with E-state index in [1.807, 2.05) is 0 Å². The highest BCUT2D eigenvalue weighted by atomic mass is 32.2. The van der Waals surface area contributed by atoms with Gasteiger partial charge in [0.15, 0.2) is 5.16 Å². The molecule has 5 nitrogen and oxygen atoms in total. The molecule has 1 aromatic heterocycles. The summed E-state index contributed by atoms with van der Waals surface area (Å²) in [6.45, 7) is 5.62. The van der Waals surface area contributed by atoms with Crippen molar-refractivity contribution in [2.24, 2.45) is 0 Å². The van der Waals surface area contributed by atoms with E-state index in [2.05, 4.69) is 64.2 Å². The number of ether oxygens (including phenoxy) is 1. The molecule has 0 bridgehead atoms. The van der Waals surface area contributed by atoms with Crippen LogP contribution in [0.2, 0.25) is 0 Å². The summed E-state index contributed by atoms with van der Waals surface area (Å²) in [4.78, 5) is 2.29. The first-order chi connectivity index (χ1) is 12.2. The smallest absolute Gasteiger partial charge is 0.191 e. The number of hydrogen-bond acceptors (Lipinski definition) is 5. The van der Waals surface area contributed by atoms with E-state index in [0.29, 0.717) is 6.10 Å². The van der Waals surface area contributed by atoms with Crippen LogP contribution in [0.1, 0.15) is 36.7 Å². The van der Waals surface area contributed by atoms with Gasteiger partial charge < -0.3 is 9.30 Å². The van der Waals surface area contributed by atoms with Crippen molar-refractivity contribution >= 4 is 11.8 Å². The Morgan fingerprint density at radius 2 is 1.96 bits per heavy atom. The Labute approximate surface area is 154 Å². The molecule has 136 valence electrons. The Bertz CT molecular complexity index is 665. The van der Waals surface area contributed by atoms with E-state index in [1.54, 1.807) is 11.8 Å². The summed E-state index contributed by atoms with van der Waals surface area (Å²) in [6, 6.07) is 8.88. The van der Waals surface area contributed by atoms with Crippen molar-refractivity contribution in [3.8, 4) is 0 Å². The highest BCUT2D eigenvalue weighted by molar-refractivity contribution is 7.98. The van der Waals surface area contributed by atoms with Gasteiger partial charge in [-0.05, 0) is 43.7 Å². The maximum absolute atomic E-state index is 5.80. The van der Waals surface area contributed by atoms with Gasteiger partial charge in [-0.25, -0.2) is 0 Å². The molecule has 1 atom stereocenters. The van der Waals surface area contributed by atoms with E-state index in [4.69, 9.17) is 4.74 Å². The average Bonchev–Trinajstić information content (AvgIpc) is 3.26. The Hall–Kier alpha value is -1.37. The third-order valence-electron chi connectivity index (χ3n) is 4.68. The molecule has 0 aliphatic carbocycles. The van der Waals surface area contributed by atoms with Crippen LogP contribution in [0, 0.1) is 0 Å². The number of thioether (sulfide) groups is 1. The molecule has 0 saturated carbocycles. The monoisotopic (exact) mass is 360 g/mol.